The average Bonchev–Trinajstić information content (AvgIpc) is 2.46. The minimum absolute atomic E-state index is 0.562. The van der Waals surface area contributed by atoms with Crippen LogP contribution < -0.4 is 5.32 Å². The SMILES string of the molecule is CCCN[C@@H]1C[C@@H]2CC[C@]1(C)C2(C)C. The molecule has 0 unspecified atom stereocenters. The predicted molar refractivity (Wildman–Crippen MR) is 61.3 cm³/mol. The molecule has 2 rings (SSSR count). The van der Waals surface area contributed by atoms with Crippen LogP contribution in [0.1, 0.15) is 53.4 Å². The van der Waals surface area contributed by atoms with Gasteiger partial charge in [-0.2, -0.15) is 0 Å². The second-order valence-electron chi connectivity index (χ2n) is 6.12. The molecule has 2 saturated carbocycles. The molecule has 0 radical (unpaired) electrons. The normalized spacial score (nSPS) is 44.6. The fraction of sp³-hybridized carbons (Fsp3) is 1.00. The van der Waals surface area contributed by atoms with E-state index >= 15 is 0 Å². The Hall–Kier alpha value is -0.0400. The third kappa shape index (κ3) is 1.18. The Balaban J connectivity index is 2.11. The van der Waals surface area contributed by atoms with Crippen LogP contribution >= 0.6 is 0 Å². The van der Waals surface area contributed by atoms with Gasteiger partial charge in [-0.05, 0) is 49.0 Å². The first-order valence-corrected chi connectivity index (χ1v) is 6.25. The van der Waals surface area contributed by atoms with Crippen molar-refractivity contribution in [3.63, 3.8) is 0 Å². The van der Waals surface area contributed by atoms with Crippen molar-refractivity contribution in [2.45, 2.75) is 59.4 Å². The van der Waals surface area contributed by atoms with Crippen LogP contribution in [0.5, 0.6) is 0 Å². The van der Waals surface area contributed by atoms with Crippen molar-refractivity contribution in [1.29, 1.82) is 0 Å². The smallest absolute Gasteiger partial charge is 0.0129 e. The quantitative estimate of drug-likeness (QED) is 0.729. The molecule has 2 bridgehead atoms. The van der Waals surface area contributed by atoms with Gasteiger partial charge in [-0.1, -0.05) is 27.7 Å². The maximum absolute atomic E-state index is 3.76. The van der Waals surface area contributed by atoms with Crippen LogP contribution in [-0.2, 0) is 0 Å². The molecule has 1 nitrogen and oxygen atoms in total. The number of hydrogen-bond donors (Lipinski definition) is 1. The van der Waals surface area contributed by atoms with E-state index in [4.69, 9.17) is 0 Å². The zero-order valence-electron chi connectivity index (χ0n) is 10.2. The molecular weight excluding hydrogens is 170 g/mol. The van der Waals surface area contributed by atoms with Crippen molar-refractivity contribution in [2.24, 2.45) is 16.7 Å². The van der Waals surface area contributed by atoms with Crippen molar-refractivity contribution >= 4 is 0 Å². The van der Waals surface area contributed by atoms with Gasteiger partial charge >= 0.3 is 0 Å². The molecule has 0 amide bonds. The van der Waals surface area contributed by atoms with E-state index < -0.39 is 0 Å². The van der Waals surface area contributed by atoms with Gasteiger partial charge < -0.3 is 5.32 Å². The average molecular weight is 195 g/mol. The predicted octanol–water partition coefficient (Wildman–Crippen LogP) is 3.20. The van der Waals surface area contributed by atoms with Gasteiger partial charge in [0.2, 0.25) is 0 Å². The largest absolute Gasteiger partial charge is 0.313 e. The Morgan fingerprint density at radius 1 is 1.29 bits per heavy atom. The van der Waals surface area contributed by atoms with E-state index in [-0.39, 0.29) is 0 Å². The van der Waals surface area contributed by atoms with Crippen LogP contribution in [0.4, 0.5) is 0 Å². The number of hydrogen-bond acceptors (Lipinski definition) is 1. The Morgan fingerprint density at radius 3 is 2.43 bits per heavy atom. The first-order chi connectivity index (χ1) is 6.52. The number of rotatable bonds is 3. The summed E-state index contributed by atoms with van der Waals surface area (Å²) in [6.07, 6.45) is 5.58. The zero-order valence-corrected chi connectivity index (χ0v) is 10.2. The van der Waals surface area contributed by atoms with Crippen LogP contribution in [0.2, 0.25) is 0 Å². The highest BCUT2D eigenvalue weighted by atomic mass is 15.0. The third-order valence-corrected chi connectivity index (χ3v) is 5.43. The molecule has 3 atom stereocenters. The molecule has 1 heteroatoms. The van der Waals surface area contributed by atoms with E-state index in [1.165, 1.54) is 32.2 Å². The number of fused-ring (bicyclic) bond motifs is 2. The summed E-state index contributed by atoms with van der Waals surface area (Å²) in [5.74, 6) is 0.974. The highest BCUT2D eigenvalue weighted by molar-refractivity contribution is 5.12. The van der Waals surface area contributed by atoms with Gasteiger partial charge in [0.1, 0.15) is 0 Å². The molecule has 0 aromatic rings. The molecule has 0 aliphatic heterocycles. The minimum Gasteiger partial charge on any atom is -0.313 e. The Bertz CT molecular complexity index is 221. The highest BCUT2D eigenvalue weighted by Gasteiger charge is 2.60. The molecule has 82 valence electrons. The monoisotopic (exact) mass is 195 g/mol. The molecular formula is C13H25N. The molecule has 0 spiro atoms. The van der Waals surface area contributed by atoms with Gasteiger partial charge in [0.25, 0.3) is 0 Å². The first-order valence-electron chi connectivity index (χ1n) is 6.25. The van der Waals surface area contributed by atoms with Gasteiger partial charge in [0.05, 0.1) is 0 Å². The molecule has 1 N–H and O–H groups in total. The van der Waals surface area contributed by atoms with Crippen molar-refractivity contribution in [3.8, 4) is 0 Å². The van der Waals surface area contributed by atoms with E-state index in [0.29, 0.717) is 10.8 Å². The zero-order chi connectivity index (χ0) is 10.4. The van der Waals surface area contributed by atoms with Gasteiger partial charge in [0, 0.05) is 6.04 Å². The van der Waals surface area contributed by atoms with Crippen molar-refractivity contribution in [1.82, 2.24) is 5.32 Å². The molecule has 2 aliphatic rings. The Labute approximate surface area is 88.7 Å². The second-order valence-corrected chi connectivity index (χ2v) is 6.12. The third-order valence-electron chi connectivity index (χ3n) is 5.43. The van der Waals surface area contributed by atoms with E-state index in [1.807, 2.05) is 0 Å². The summed E-state index contributed by atoms with van der Waals surface area (Å²) in [7, 11) is 0. The second kappa shape index (κ2) is 3.23. The molecule has 0 aromatic carbocycles. The summed E-state index contributed by atoms with van der Waals surface area (Å²) in [4.78, 5) is 0. The van der Waals surface area contributed by atoms with Crippen LogP contribution in [-0.4, -0.2) is 12.6 Å². The van der Waals surface area contributed by atoms with Crippen molar-refractivity contribution in [2.75, 3.05) is 6.54 Å². The molecule has 2 aliphatic carbocycles. The molecule has 0 heterocycles. The molecule has 0 aromatic heterocycles. The van der Waals surface area contributed by atoms with Crippen LogP contribution in [0.15, 0.2) is 0 Å². The lowest BCUT2D eigenvalue weighted by atomic mass is 9.69. The molecule has 0 saturated heterocycles. The van der Waals surface area contributed by atoms with E-state index in [1.54, 1.807) is 0 Å². The minimum atomic E-state index is 0.562. The van der Waals surface area contributed by atoms with Gasteiger partial charge in [-0.3, -0.25) is 0 Å². The fourth-order valence-electron chi connectivity index (χ4n) is 3.83. The highest BCUT2D eigenvalue weighted by Crippen LogP contribution is 2.65. The van der Waals surface area contributed by atoms with E-state index in [0.717, 1.165) is 12.0 Å². The molecule has 14 heavy (non-hydrogen) atoms. The van der Waals surface area contributed by atoms with Gasteiger partial charge in [-0.15, -0.1) is 0 Å². The van der Waals surface area contributed by atoms with Crippen LogP contribution in [0.3, 0.4) is 0 Å². The van der Waals surface area contributed by atoms with Crippen LogP contribution in [0, 0.1) is 16.7 Å². The van der Waals surface area contributed by atoms with Gasteiger partial charge in [0.15, 0.2) is 0 Å². The van der Waals surface area contributed by atoms with Crippen molar-refractivity contribution < 1.29 is 0 Å². The lowest BCUT2D eigenvalue weighted by Gasteiger charge is -2.39. The maximum Gasteiger partial charge on any atom is 0.0129 e. The summed E-state index contributed by atoms with van der Waals surface area (Å²) < 4.78 is 0. The Kier molecular flexibility index (Phi) is 2.42. The van der Waals surface area contributed by atoms with Crippen LogP contribution in [0.25, 0.3) is 0 Å². The van der Waals surface area contributed by atoms with E-state index in [9.17, 15) is 0 Å². The van der Waals surface area contributed by atoms with Gasteiger partial charge in [-0.25, -0.2) is 0 Å². The topological polar surface area (TPSA) is 12.0 Å². The summed E-state index contributed by atoms with van der Waals surface area (Å²) in [6, 6.07) is 0.788. The molecule has 2 fully saturated rings. The summed E-state index contributed by atoms with van der Waals surface area (Å²) in [6.45, 7) is 10.9. The maximum atomic E-state index is 3.76. The number of nitrogens with one attached hydrogen (secondary N) is 1. The van der Waals surface area contributed by atoms with Crippen molar-refractivity contribution in [3.05, 3.63) is 0 Å². The fourth-order valence-corrected chi connectivity index (χ4v) is 3.83. The summed E-state index contributed by atoms with van der Waals surface area (Å²) in [5, 5.41) is 3.76. The summed E-state index contributed by atoms with van der Waals surface area (Å²) >= 11 is 0. The Morgan fingerprint density at radius 2 is 2.00 bits per heavy atom. The first kappa shape index (κ1) is 10.5. The van der Waals surface area contributed by atoms with E-state index in [2.05, 4.69) is 33.0 Å². The lowest BCUT2D eigenvalue weighted by Crippen LogP contribution is -2.44. The standard InChI is InChI=1S/C13H25N/c1-5-8-14-11-9-10-6-7-13(11,4)12(10,2)3/h10-11,14H,5-9H2,1-4H3/t10-,11+,13-/m0/s1. The lowest BCUT2D eigenvalue weighted by molar-refractivity contribution is 0.121. The summed E-state index contributed by atoms with van der Waals surface area (Å²) in [5.41, 5.74) is 1.13.